The molecule has 0 aromatic heterocycles. The molecule has 0 atom stereocenters. The number of anilines is 1. The van der Waals surface area contributed by atoms with E-state index in [2.05, 4.69) is 93.3 Å². The molecule has 0 fully saturated rings. The van der Waals surface area contributed by atoms with Crippen molar-refractivity contribution in [3.05, 3.63) is 118 Å². The molecule has 0 heterocycles. The fourth-order valence-corrected chi connectivity index (χ4v) is 5.26. The maximum absolute atomic E-state index is 11.1. The van der Waals surface area contributed by atoms with Crippen LogP contribution >= 0.6 is 11.6 Å². The van der Waals surface area contributed by atoms with Gasteiger partial charge in [0.2, 0.25) is 0 Å². The Morgan fingerprint density at radius 1 is 0.850 bits per heavy atom. The van der Waals surface area contributed by atoms with Crippen LogP contribution in [0.25, 0.3) is 11.1 Å². The zero-order chi connectivity index (χ0) is 28.6. The van der Waals surface area contributed by atoms with Gasteiger partial charge in [-0.2, -0.15) is 0 Å². The lowest BCUT2D eigenvalue weighted by Gasteiger charge is -2.30. The molecule has 4 nitrogen and oxygen atoms in total. The van der Waals surface area contributed by atoms with Crippen molar-refractivity contribution in [1.29, 1.82) is 0 Å². The minimum atomic E-state index is -1.02. The summed E-state index contributed by atoms with van der Waals surface area (Å²) in [7, 11) is 0. The highest BCUT2D eigenvalue weighted by Gasteiger charge is 2.14. The van der Waals surface area contributed by atoms with E-state index in [0.29, 0.717) is 24.3 Å². The lowest BCUT2D eigenvalue weighted by Crippen LogP contribution is -2.30. The summed E-state index contributed by atoms with van der Waals surface area (Å²) in [5, 5.41) is 9.39. The molecule has 0 amide bonds. The van der Waals surface area contributed by atoms with Crippen molar-refractivity contribution in [2.24, 2.45) is 0 Å². The van der Waals surface area contributed by atoms with E-state index in [1.54, 1.807) is 6.07 Å². The Balaban J connectivity index is 1.44. The molecule has 4 rings (SSSR count). The standard InChI is InChI=1S/C35H38ClNO3/c1-5-27(6-2)28-14-17-32(18-15-28)37(24(3)4)22-26-8-7-9-30(20-26)29-12-10-25(11-13-29)23-40-34-19-16-31(35(38)39)21-33(34)36/h7-21,24,27H,5-6,22-23H2,1-4H3,(H,38,39). The van der Waals surface area contributed by atoms with Crippen LogP contribution in [0.4, 0.5) is 5.69 Å². The van der Waals surface area contributed by atoms with Crippen LogP contribution in [-0.2, 0) is 13.2 Å². The molecule has 0 aliphatic heterocycles. The molecule has 0 radical (unpaired) electrons. The van der Waals surface area contributed by atoms with Crippen LogP contribution in [0.1, 0.15) is 73.5 Å². The smallest absolute Gasteiger partial charge is 0.335 e. The van der Waals surface area contributed by atoms with Crippen molar-refractivity contribution < 1.29 is 14.6 Å². The molecule has 0 saturated heterocycles. The second-order valence-electron chi connectivity index (χ2n) is 10.5. The first-order valence-corrected chi connectivity index (χ1v) is 14.4. The van der Waals surface area contributed by atoms with Crippen molar-refractivity contribution in [2.75, 3.05) is 4.90 Å². The van der Waals surface area contributed by atoms with Gasteiger partial charge in [-0.05, 0) is 96.8 Å². The van der Waals surface area contributed by atoms with Crippen LogP contribution in [0.3, 0.4) is 0 Å². The van der Waals surface area contributed by atoms with Gasteiger partial charge in [-0.15, -0.1) is 0 Å². The molecule has 0 aliphatic rings. The van der Waals surface area contributed by atoms with Gasteiger partial charge >= 0.3 is 5.97 Å². The summed E-state index contributed by atoms with van der Waals surface area (Å²) < 4.78 is 5.83. The van der Waals surface area contributed by atoms with Crippen molar-refractivity contribution in [3.63, 3.8) is 0 Å². The topological polar surface area (TPSA) is 49.8 Å². The number of ether oxygens (including phenoxy) is 1. The van der Waals surface area contributed by atoms with Crippen LogP contribution in [-0.4, -0.2) is 17.1 Å². The number of rotatable bonds is 12. The van der Waals surface area contributed by atoms with E-state index in [4.69, 9.17) is 21.4 Å². The van der Waals surface area contributed by atoms with E-state index in [-0.39, 0.29) is 10.6 Å². The van der Waals surface area contributed by atoms with Crippen LogP contribution in [0.5, 0.6) is 5.75 Å². The SMILES string of the molecule is CCC(CC)c1ccc(N(Cc2cccc(-c3ccc(COc4ccc(C(=O)O)cc4Cl)cc3)c2)C(C)C)cc1. The van der Waals surface area contributed by atoms with Crippen molar-refractivity contribution in [1.82, 2.24) is 0 Å². The lowest BCUT2D eigenvalue weighted by molar-refractivity contribution is 0.0697. The summed E-state index contributed by atoms with van der Waals surface area (Å²) in [6, 6.07) is 31.0. The van der Waals surface area contributed by atoms with Crippen molar-refractivity contribution in [2.45, 2.75) is 65.6 Å². The number of carbonyl (C=O) groups is 1. The molecule has 0 saturated carbocycles. The Bertz CT molecular complexity index is 1410. The third-order valence-corrected chi connectivity index (χ3v) is 7.74. The molecular formula is C35H38ClNO3. The van der Waals surface area contributed by atoms with Crippen LogP contribution < -0.4 is 9.64 Å². The molecule has 208 valence electrons. The predicted molar refractivity (Wildman–Crippen MR) is 166 cm³/mol. The number of benzene rings is 4. The van der Waals surface area contributed by atoms with Gasteiger partial charge in [0.05, 0.1) is 10.6 Å². The Kier molecular flexibility index (Phi) is 9.89. The number of hydrogen-bond acceptors (Lipinski definition) is 3. The highest BCUT2D eigenvalue weighted by atomic mass is 35.5. The van der Waals surface area contributed by atoms with E-state index < -0.39 is 5.97 Å². The molecule has 5 heteroatoms. The summed E-state index contributed by atoms with van der Waals surface area (Å²) in [6.07, 6.45) is 2.34. The number of nitrogens with zero attached hydrogens (tertiary/aromatic N) is 1. The van der Waals surface area contributed by atoms with E-state index in [1.165, 1.54) is 47.4 Å². The first-order valence-electron chi connectivity index (χ1n) is 14.0. The number of aromatic carboxylic acids is 1. The van der Waals surface area contributed by atoms with Crippen LogP contribution in [0.15, 0.2) is 91.0 Å². The second-order valence-corrected chi connectivity index (χ2v) is 10.9. The zero-order valence-electron chi connectivity index (χ0n) is 23.7. The molecule has 0 spiro atoms. The third kappa shape index (κ3) is 7.25. The van der Waals surface area contributed by atoms with Crippen molar-refractivity contribution in [3.8, 4) is 16.9 Å². The van der Waals surface area contributed by atoms with E-state index >= 15 is 0 Å². The lowest BCUT2D eigenvalue weighted by atomic mass is 9.94. The second kappa shape index (κ2) is 13.5. The normalized spacial score (nSPS) is 11.2. The molecule has 4 aromatic carbocycles. The van der Waals surface area contributed by atoms with Gasteiger partial charge in [0.15, 0.2) is 0 Å². The number of hydrogen-bond donors (Lipinski definition) is 1. The van der Waals surface area contributed by atoms with Crippen LogP contribution in [0.2, 0.25) is 5.02 Å². The maximum Gasteiger partial charge on any atom is 0.335 e. The highest BCUT2D eigenvalue weighted by molar-refractivity contribution is 6.32. The average Bonchev–Trinajstić information content (AvgIpc) is 2.96. The van der Waals surface area contributed by atoms with E-state index in [9.17, 15) is 4.79 Å². The molecule has 1 N–H and O–H groups in total. The van der Waals surface area contributed by atoms with Gasteiger partial charge in [-0.25, -0.2) is 4.79 Å². The third-order valence-electron chi connectivity index (χ3n) is 7.45. The fourth-order valence-electron chi connectivity index (χ4n) is 5.02. The Hall–Kier alpha value is -3.76. The predicted octanol–water partition coefficient (Wildman–Crippen LogP) is 9.60. The Morgan fingerprint density at radius 3 is 2.15 bits per heavy atom. The van der Waals surface area contributed by atoms with Gasteiger partial charge in [0, 0.05) is 18.3 Å². The van der Waals surface area contributed by atoms with Gasteiger partial charge in [-0.3, -0.25) is 0 Å². The van der Waals surface area contributed by atoms with Gasteiger partial charge in [0.25, 0.3) is 0 Å². The molecular weight excluding hydrogens is 518 g/mol. The quantitative estimate of drug-likeness (QED) is 0.189. The number of halogens is 1. The van der Waals surface area contributed by atoms with Crippen molar-refractivity contribution >= 4 is 23.3 Å². The van der Waals surface area contributed by atoms with Crippen LogP contribution in [0, 0.1) is 0 Å². The van der Waals surface area contributed by atoms with Gasteiger partial charge in [0.1, 0.15) is 12.4 Å². The number of carboxylic acid groups (broad SMARTS) is 1. The first-order chi connectivity index (χ1) is 19.3. The molecule has 0 unspecified atom stereocenters. The zero-order valence-corrected chi connectivity index (χ0v) is 24.5. The summed E-state index contributed by atoms with van der Waals surface area (Å²) in [4.78, 5) is 13.6. The summed E-state index contributed by atoms with van der Waals surface area (Å²) in [6.45, 7) is 10.2. The minimum Gasteiger partial charge on any atom is -0.487 e. The minimum absolute atomic E-state index is 0.135. The summed E-state index contributed by atoms with van der Waals surface area (Å²) >= 11 is 6.19. The van der Waals surface area contributed by atoms with Gasteiger partial charge < -0.3 is 14.7 Å². The molecule has 40 heavy (non-hydrogen) atoms. The Morgan fingerprint density at radius 2 is 1.55 bits per heavy atom. The van der Waals surface area contributed by atoms with E-state index in [0.717, 1.165) is 17.7 Å². The summed E-state index contributed by atoms with van der Waals surface area (Å²) in [5.41, 5.74) is 7.38. The van der Waals surface area contributed by atoms with Gasteiger partial charge in [-0.1, -0.05) is 80.0 Å². The molecule has 4 aromatic rings. The highest BCUT2D eigenvalue weighted by Crippen LogP contribution is 2.29. The summed E-state index contributed by atoms with van der Waals surface area (Å²) in [5.74, 6) is 0.0684. The largest absolute Gasteiger partial charge is 0.487 e. The van der Waals surface area contributed by atoms with E-state index in [1.807, 2.05) is 12.1 Å². The molecule has 0 aliphatic carbocycles. The number of carboxylic acids is 1. The fraction of sp³-hybridized carbons (Fsp3) is 0.286. The average molecular weight is 556 g/mol. The molecule has 0 bridgehead atoms. The Labute approximate surface area is 243 Å². The first kappa shape index (κ1) is 29.2. The monoisotopic (exact) mass is 555 g/mol. The maximum atomic E-state index is 11.1.